The highest BCUT2D eigenvalue weighted by Gasteiger charge is 2.45. The molecule has 11 heteroatoms. The Hall–Kier alpha value is -1.53. The molecule has 1 atom stereocenters. The SMILES string of the molecule is Cc1ccc(S(=O)(=O)N2CCCN(S(C)(=O)=O)C2C(=O)NO)cc1. The normalized spacial score (nSPS) is 20.7. The molecule has 24 heavy (non-hydrogen) atoms. The molecule has 1 aliphatic rings. The van der Waals surface area contributed by atoms with Crippen molar-refractivity contribution in [2.24, 2.45) is 0 Å². The molecule has 1 saturated heterocycles. The third kappa shape index (κ3) is 3.59. The van der Waals surface area contributed by atoms with Gasteiger partial charge in [-0.3, -0.25) is 10.0 Å². The summed E-state index contributed by atoms with van der Waals surface area (Å²) in [5.41, 5.74) is 2.20. The largest absolute Gasteiger partial charge is 0.289 e. The zero-order chi connectivity index (χ0) is 18.1. The molecule has 0 saturated carbocycles. The quantitative estimate of drug-likeness (QED) is 0.538. The Bertz CT molecular complexity index is 820. The summed E-state index contributed by atoms with van der Waals surface area (Å²) in [5, 5.41) is 8.92. The minimum Gasteiger partial charge on any atom is -0.289 e. The molecule has 1 amide bonds. The molecule has 0 aliphatic carbocycles. The Kier molecular flexibility index (Phi) is 5.30. The molecule has 2 N–H and O–H groups in total. The predicted molar refractivity (Wildman–Crippen MR) is 85.0 cm³/mol. The highest BCUT2D eigenvalue weighted by Crippen LogP contribution is 2.26. The van der Waals surface area contributed by atoms with E-state index >= 15 is 0 Å². The first-order valence-electron chi connectivity index (χ1n) is 7.08. The van der Waals surface area contributed by atoms with E-state index < -0.39 is 32.1 Å². The van der Waals surface area contributed by atoms with Crippen LogP contribution in [-0.4, -0.2) is 62.1 Å². The molecule has 2 rings (SSSR count). The highest BCUT2D eigenvalue weighted by molar-refractivity contribution is 7.89. The molecule has 1 unspecified atom stereocenters. The van der Waals surface area contributed by atoms with Crippen molar-refractivity contribution in [3.05, 3.63) is 29.8 Å². The molecule has 0 spiro atoms. The van der Waals surface area contributed by atoms with Gasteiger partial charge in [0.25, 0.3) is 5.91 Å². The second-order valence-corrected chi connectivity index (χ2v) is 9.33. The van der Waals surface area contributed by atoms with Gasteiger partial charge in [0, 0.05) is 13.1 Å². The van der Waals surface area contributed by atoms with E-state index in [2.05, 4.69) is 0 Å². The van der Waals surface area contributed by atoms with E-state index in [4.69, 9.17) is 5.21 Å². The van der Waals surface area contributed by atoms with E-state index in [9.17, 15) is 21.6 Å². The standard InChI is InChI=1S/C13H19N3O6S2/c1-10-4-6-11(7-5-10)24(21,22)16-9-3-8-15(23(2,19)20)13(16)12(17)14-18/h4-7,13,18H,3,8-9H2,1-2H3,(H,14,17). The molecule has 0 aromatic heterocycles. The lowest BCUT2D eigenvalue weighted by Gasteiger charge is -2.39. The van der Waals surface area contributed by atoms with Gasteiger partial charge in [-0.05, 0) is 25.5 Å². The van der Waals surface area contributed by atoms with Crippen LogP contribution >= 0.6 is 0 Å². The van der Waals surface area contributed by atoms with Crippen molar-refractivity contribution in [3.8, 4) is 0 Å². The Balaban J connectivity index is 2.52. The number of benzene rings is 1. The maximum atomic E-state index is 12.8. The molecular formula is C13H19N3O6S2. The van der Waals surface area contributed by atoms with Crippen LogP contribution in [0, 0.1) is 6.92 Å². The lowest BCUT2D eigenvalue weighted by molar-refractivity contribution is -0.138. The van der Waals surface area contributed by atoms with Crippen molar-refractivity contribution in [1.29, 1.82) is 0 Å². The summed E-state index contributed by atoms with van der Waals surface area (Å²) in [7, 11) is -7.98. The van der Waals surface area contributed by atoms with Gasteiger partial charge in [-0.1, -0.05) is 17.7 Å². The second-order valence-electron chi connectivity index (χ2n) is 5.51. The number of rotatable bonds is 4. The van der Waals surface area contributed by atoms with Gasteiger partial charge in [0.1, 0.15) is 0 Å². The van der Waals surface area contributed by atoms with Gasteiger partial charge in [0.15, 0.2) is 6.17 Å². The molecule has 1 heterocycles. The van der Waals surface area contributed by atoms with Crippen LogP contribution in [0.2, 0.25) is 0 Å². The molecule has 1 aromatic carbocycles. The number of amides is 1. The minimum absolute atomic E-state index is 0.0170. The van der Waals surface area contributed by atoms with Gasteiger partial charge in [-0.25, -0.2) is 22.3 Å². The number of aryl methyl sites for hydroxylation is 1. The number of sulfonamides is 2. The van der Waals surface area contributed by atoms with Crippen molar-refractivity contribution < 1.29 is 26.8 Å². The summed E-state index contributed by atoms with van der Waals surface area (Å²) in [4.78, 5) is 11.9. The fourth-order valence-corrected chi connectivity index (χ4v) is 5.22. The molecule has 0 bridgehead atoms. The monoisotopic (exact) mass is 377 g/mol. The zero-order valence-electron chi connectivity index (χ0n) is 13.2. The molecular weight excluding hydrogens is 358 g/mol. The Labute approximate surface area is 140 Å². The summed E-state index contributed by atoms with van der Waals surface area (Å²) < 4.78 is 51.1. The average molecular weight is 377 g/mol. The van der Waals surface area contributed by atoms with Crippen molar-refractivity contribution in [2.75, 3.05) is 19.3 Å². The van der Waals surface area contributed by atoms with Crippen LogP contribution in [0.1, 0.15) is 12.0 Å². The van der Waals surface area contributed by atoms with Gasteiger partial charge in [-0.2, -0.15) is 8.61 Å². The van der Waals surface area contributed by atoms with Crippen molar-refractivity contribution in [3.63, 3.8) is 0 Å². The van der Waals surface area contributed by atoms with Crippen LogP contribution in [0.3, 0.4) is 0 Å². The number of nitrogens with one attached hydrogen (secondary N) is 1. The molecule has 9 nitrogen and oxygen atoms in total. The average Bonchev–Trinajstić information content (AvgIpc) is 2.53. The van der Waals surface area contributed by atoms with E-state index in [-0.39, 0.29) is 24.4 Å². The number of carbonyl (C=O) groups excluding carboxylic acids is 1. The third-order valence-electron chi connectivity index (χ3n) is 3.70. The summed E-state index contributed by atoms with van der Waals surface area (Å²) >= 11 is 0. The van der Waals surface area contributed by atoms with Gasteiger partial charge in [-0.15, -0.1) is 0 Å². The summed E-state index contributed by atoms with van der Waals surface area (Å²) in [6, 6.07) is 5.98. The second kappa shape index (κ2) is 6.76. The summed E-state index contributed by atoms with van der Waals surface area (Å²) in [5.74, 6) is -1.13. The Morgan fingerprint density at radius 3 is 2.17 bits per heavy atom. The van der Waals surface area contributed by atoms with E-state index in [0.717, 1.165) is 20.4 Å². The van der Waals surface area contributed by atoms with Crippen molar-refractivity contribution in [2.45, 2.75) is 24.4 Å². The number of carbonyl (C=O) groups is 1. The van der Waals surface area contributed by atoms with Crippen LogP contribution in [0.15, 0.2) is 29.2 Å². The van der Waals surface area contributed by atoms with Crippen LogP contribution < -0.4 is 5.48 Å². The lowest BCUT2D eigenvalue weighted by atomic mass is 10.2. The molecule has 1 fully saturated rings. The fourth-order valence-electron chi connectivity index (χ4n) is 2.53. The van der Waals surface area contributed by atoms with Crippen LogP contribution in [0.5, 0.6) is 0 Å². The first kappa shape index (κ1) is 18.8. The summed E-state index contributed by atoms with van der Waals surface area (Å²) in [6.45, 7) is 1.74. The zero-order valence-corrected chi connectivity index (χ0v) is 14.8. The van der Waals surface area contributed by atoms with E-state index in [1.807, 2.05) is 0 Å². The summed E-state index contributed by atoms with van der Waals surface area (Å²) in [6.07, 6.45) is -0.565. The lowest BCUT2D eigenvalue weighted by Crippen LogP contribution is -2.62. The molecule has 1 aliphatic heterocycles. The van der Waals surface area contributed by atoms with E-state index in [1.54, 1.807) is 19.1 Å². The van der Waals surface area contributed by atoms with Gasteiger partial charge in [0.2, 0.25) is 20.0 Å². The third-order valence-corrected chi connectivity index (χ3v) is 6.80. The highest BCUT2D eigenvalue weighted by atomic mass is 32.2. The Morgan fingerprint density at radius 1 is 1.12 bits per heavy atom. The smallest absolute Gasteiger partial charge is 0.277 e. The number of hydrogen-bond donors (Lipinski definition) is 2. The van der Waals surface area contributed by atoms with Crippen molar-refractivity contribution in [1.82, 2.24) is 14.1 Å². The maximum Gasteiger partial charge on any atom is 0.277 e. The van der Waals surface area contributed by atoms with Gasteiger partial charge >= 0.3 is 0 Å². The van der Waals surface area contributed by atoms with Crippen LogP contribution in [0.25, 0.3) is 0 Å². The number of hydrogen-bond acceptors (Lipinski definition) is 6. The fraction of sp³-hybridized carbons (Fsp3) is 0.462. The number of nitrogens with zero attached hydrogens (tertiary/aromatic N) is 2. The topological polar surface area (TPSA) is 124 Å². The van der Waals surface area contributed by atoms with Gasteiger partial charge < -0.3 is 0 Å². The first-order valence-corrected chi connectivity index (χ1v) is 10.4. The molecule has 0 radical (unpaired) electrons. The predicted octanol–water partition coefficient (Wildman–Crippen LogP) is -0.517. The minimum atomic E-state index is -4.12. The Morgan fingerprint density at radius 2 is 1.67 bits per heavy atom. The molecule has 134 valence electrons. The maximum absolute atomic E-state index is 12.8. The van der Waals surface area contributed by atoms with E-state index in [1.165, 1.54) is 17.6 Å². The van der Waals surface area contributed by atoms with Crippen LogP contribution in [0.4, 0.5) is 0 Å². The first-order chi connectivity index (χ1) is 11.1. The van der Waals surface area contributed by atoms with Gasteiger partial charge in [0.05, 0.1) is 11.2 Å². The van der Waals surface area contributed by atoms with E-state index in [0.29, 0.717) is 0 Å². The molecule has 1 aromatic rings. The van der Waals surface area contributed by atoms with Crippen LogP contribution in [-0.2, 0) is 24.8 Å². The number of hydroxylamine groups is 1. The van der Waals surface area contributed by atoms with Crippen molar-refractivity contribution >= 4 is 26.0 Å².